The molecule has 36 heavy (non-hydrogen) atoms. The Morgan fingerprint density at radius 3 is 2.42 bits per heavy atom. The second kappa shape index (κ2) is 10.7. The van der Waals surface area contributed by atoms with Gasteiger partial charge in [0.05, 0.1) is 22.7 Å². The highest BCUT2D eigenvalue weighted by Crippen LogP contribution is 2.32. The maximum absolute atomic E-state index is 12.8. The molecule has 1 aromatic heterocycles. The first-order valence-electron chi connectivity index (χ1n) is 12.0. The zero-order valence-electron chi connectivity index (χ0n) is 20.9. The van der Waals surface area contributed by atoms with Crippen molar-refractivity contribution >= 4 is 33.3 Å². The number of hydrogen-bond donors (Lipinski definition) is 3. The number of fused-ring (bicyclic) bond motifs is 3. The quantitative estimate of drug-likeness (QED) is 0.403. The standard InChI is InChI=1S/C26H32N6O3S/c1-17(2)32(18(3)4)14-13-28-36(34,35)21-11-9-20(10-12-21)29-26-27-16-19-15-24(33)30-23-8-6-5-7-22(23)25(19)31-26/h5-12,16-18,28H,13-15H2,1-4H3,(H,30,33)(H,27,29,31). The lowest BCUT2D eigenvalue weighted by Gasteiger charge is -2.30. The number of anilines is 3. The van der Waals surface area contributed by atoms with Crippen molar-refractivity contribution in [3.8, 4) is 11.3 Å². The maximum Gasteiger partial charge on any atom is 0.240 e. The molecule has 2 heterocycles. The van der Waals surface area contributed by atoms with Crippen LogP contribution in [0.1, 0.15) is 33.3 Å². The molecule has 1 aliphatic rings. The molecule has 0 bridgehead atoms. The molecule has 0 atom stereocenters. The van der Waals surface area contributed by atoms with Gasteiger partial charge < -0.3 is 10.6 Å². The summed E-state index contributed by atoms with van der Waals surface area (Å²) < 4.78 is 28.2. The molecule has 1 aliphatic heterocycles. The topological polar surface area (TPSA) is 116 Å². The predicted molar refractivity (Wildman–Crippen MR) is 142 cm³/mol. The molecule has 10 heteroatoms. The molecule has 0 aliphatic carbocycles. The van der Waals surface area contributed by atoms with E-state index in [1.165, 1.54) is 0 Å². The van der Waals surface area contributed by atoms with Gasteiger partial charge in [0.2, 0.25) is 21.9 Å². The number of nitrogens with one attached hydrogen (secondary N) is 3. The minimum Gasteiger partial charge on any atom is -0.325 e. The van der Waals surface area contributed by atoms with Crippen molar-refractivity contribution in [3.63, 3.8) is 0 Å². The molecule has 0 radical (unpaired) electrons. The average molecular weight is 509 g/mol. The minimum absolute atomic E-state index is 0.114. The highest BCUT2D eigenvalue weighted by molar-refractivity contribution is 7.89. The zero-order valence-corrected chi connectivity index (χ0v) is 21.8. The van der Waals surface area contributed by atoms with Crippen LogP contribution in [0.4, 0.5) is 17.3 Å². The predicted octanol–water partition coefficient (Wildman–Crippen LogP) is 3.78. The Morgan fingerprint density at radius 2 is 1.72 bits per heavy atom. The Labute approximate surface area is 212 Å². The minimum atomic E-state index is -3.63. The van der Waals surface area contributed by atoms with E-state index in [1.807, 2.05) is 24.3 Å². The summed E-state index contributed by atoms with van der Waals surface area (Å²) in [5.74, 6) is 0.242. The number of aromatic nitrogens is 2. The van der Waals surface area contributed by atoms with Gasteiger partial charge in [-0.3, -0.25) is 9.69 Å². The van der Waals surface area contributed by atoms with Gasteiger partial charge in [-0.25, -0.2) is 23.1 Å². The van der Waals surface area contributed by atoms with Gasteiger partial charge in [-0.2, -0.15) is 0 Å². The van der Waals surface area contributed by atoms with Gasteiger partial charge in [-0.15, -0.1) is 0 Å². The van der Waals surface area contributed by atoms with E-state index in [1.54, 1.807) is 30.5 Å². The van der Waals surface area contributed by atoms with Crippen LogP contribution < -0.4 is 15.4 Å². The van der Waals surface area contributed by atoms with Gasteiger partial charge in [0.1, 0.15) is 0 Å². The first-order chi connectivity index (χ1) is 17.1. The summed E-state index contributed by atoms with van der Waals surface area (Å²) in [7, 11) is -3.63. The number of hydrogen-bond acceptors (Lipinski definition) is 7. The van der Waals surface area contributed by atoms with E-state index in [0.717, 1.165) is 11.1 Å². The summed E-state index contributed by atoms with van der Waals surface area (Å²) in [6, 6.07) is 14.6. The van der Waals surface area contributed by atoms with Crippen molar-refractivity contribution in [2.75, 3.05) is 23.7 Å². The number of amides is 1. The molecule has 2 aromatic carbocycles. The second-order valence-electron chi connectivity index (χ2n) is 9.31. The van der Waals surface area contributed by atoms with Crippen LogP contribution in [-0.4, -0.2) is 54.4 Å². The average Bonchev–Trinajstić information content (AvgIpc) is 2.97. The number of nitrogens with zero attached hydrogens (tertiary/aromatic N) is 3. The first-order valence-corrected chi connectivity index (χ1v) is 13.5. The highest BCUT2D eigenvalue weighted by atomic mass is 32.2. The fourth-order valence-electron chi connectivity index (χ4n) is 4.35. The largest absolute Gasteiger partial charge is 0.325 e. The fourth-order valence-corrected chi connectivity index (χ4v) is 5.37. The van der Waals surface area contributed by atoms with Crippen molar-refractivity contribution in [2.24, 2.45) is 0 Å². The lowest BCUT2D eigenvalue weighted by molar-refractivity contribution is -0.115. The molecule has 0 saturated carbocycles. The highest BCUT2D eigenvalue weighted by Gasteiger charge is 2.21. The molecule has 190 valence electrons. The maximum atomic E-state index is 12.8. The normalized spacial score (nSPS) is 13.4. The number of benzene rings is 2. The zero-order chi connectivity index (χ0) is 25.9. The molecule has 0 unspecified atom stereocenters. The van der Waals surface area contributed by atoms with Crippen LogP contribution in [0.5, 0.6) is 0 Å². The summed E-state index contributed by atoms with van der Waals surface area (Å²) >= 11 is 0. The van der Waals surface area contributed by atoms with Gasteiger partial charge in [0.15, 0.2) is 0 Å². The third-order valence-corrected chi connectivity index (χ3v) is 7.56. The van der Waals surface area contributed by atoms with Crippen LogP contribution in [0.15, 0.2) is 59.6 Å². The Balaban J connectivity index is 1.46. The lowest BCUT2D eigenvalue weighted by atomic mass is 10.1. The number of carbonyl (C=O) groups excluding carboxylic acids is 1. The molecule has 0 saturated heterocycles. The van der Waals surface area contributed by atoms with Gasteiger partial charge in [-0.05, 0) is 58.0 Å². The molecular weight excluding hydrogens is 476 g/mol. The summed E-state index contributed by atoms with van der Waals surface area (Å²) in [6.07, 6.45) is 1.84. The van der Waals surface area contributed by atoms with Gasteiger partial charge in [-0.1, -0.05) is 18.2 Å². The smallest absolute Gasteiger partial charge is 0.240 e. The Hall–Kier alpha value is -3.34. The van der Waals surface area contributed by atoms with Crippen LogP contribution >= 0.6 is 0 Å². The van der Waals surface area contributed by atoms with Gasteiger partial charge in [0, 0.05) is 48.2 Å². The van der Waals surface area contributed by atoms with Crippen LogP contribution in [0.3, 0.4) is 0 Å². The molecule has 3 N–H and O–H groups in total. The van der Waals surface area contributed by atoms with E-state index in [4.69, 9.17) is 0 Å². The van der Waals surface area contributed by atoms with Crippen LogP contribution in [0.2, 0.25) is 0 Å². The van der Waals surface area contributed by atoms with Crippen molar-refractivity contribution < 1.29 is 13.2 Å². The fraction of sp³-hybridized carbons (Fsp3) is 0.346. The molecule has 1 amide bonds. The van der Waals surface area contributed by atoms with Crippen molar-refractivity contribution in [1.82, 2.24) is 19.6 Å². The molecule has 3 aromatic rings. The Kier molecular flexibility index (Phi) is 7.67. The van der Waals surface area contributed by atoms with Crippen LogP contribution in [-0.2, 0) is 21.2 Å². The third kappa shape index (κ3) is 5.89. The monoisotopic (exact) mass is 508 g/mol. The molecule has 0 fully saturated rings. The molecular formula is C26H32N6O3S. The molecule has 4 rings (SSSR count). The van der Waals surface area contributed by atoms with E-state index in [2.05, 4.69) is 57.9 Å². The van der Waals surface area contributed by atoms with Gasteiger partial charge >= 0.3 is 0 Å². The van der Waals surface area contributed by atoms with Crippen molar-refractivity contribution in [2.45, 2.75) is 51.1 Å². The number of rotatable bonds is 9. The Bertz CT molecular complexity index is 1330. The number of para-hydroxylation sites is 1. The van der Waals surface area contributed by atoms with E-state index >= 15 is 0 Å². The lowest BCUT2D eigenvalue weighted by Crippen LogP contribution is -2.42. The van der Waals surface area contributed by atoms with Crippen LogP contribution in [0.25, 0.3) is 11.3 Å². The SMILES string of the molecule is CC(C)N(CCNS(=O)(=O)c1ccc(Nc2ncc3c(n2)-c2ccccc2NC(=O)C3)cc1)C(C)C. The number of carbonyl (C=O) groups is 1. The summed E-state index contributed by atoms with van der Waals surface area (Å²) in [5, 5.41) is 6.03. The van der Waals surface area contributed by atoms with Crippen LogP contribution in [0, 0.1) is 0 Å². The summed E-state index contributed by atoms with van der Waals surface area (Å²) in [6.45, 7) is 9.37. The van der Waals surface area contributed by atoms with Crippen molar-refractivity contribution in [1.29, 1.82) is 0 Å². The molecule has 9 nitrogen and oxygen atoms in total. The van der Waals surface area contributed by atoms with E-state index in [-0.39, 0.29) is 17.2 Å². The van der Waals surface area contributed by atoms with Gasteiger partial charge in [0.25, 0.3) is 0 Å². The third-order valence-electron chi connectivity index (χ3n) is 6.08. The Morgan fingerprint density at radius 1 is 1.03 bits per heavy atom. The van der Waals surface area contributed by atoms with E-state index < -0.39 is 10.0 Å². The second-order valence-corrected chi connectivity index (χ2v) is 11.1. The number of sulfonamides is 1. The van der Waals surface area contributed by atoms with E-state index in [0.29, 0.717) is 48.2 Å². The molecule has 0 spiro atoms. The van der Waals surface area contributed by atoms with Crippen molar-refractivity contribution in [3.05, 3.63) is 60.3 Å². The summed E-state index contributed by atoms with van der Waals surface area (Å²) in [4.78, 5) is 23.6. The first kappa shape index (κ1) is 25.7. The van der Waals surface area contributed by atoms with E-state index in [9.17, 15) is 13.2 Å². The summed E-state index contributed by atoms with van der Waals surface area (Å²) in [5.41, 5.74) is 3.60.